The Labute approximate surface area is 138 Å². The van der Waals surface area contributed by atoms with Crippen LogP contribution < -0.4 is 9.13 Å². The van der Waals surface area contributed by atoms with Gasteiger partial charge >= 0.3 is 0 Å². The van der Waals surface area contributed by atoms with Crippen LogP contribution in [-0.2, 0) is 23.2 Å². The molecule has 0 aliphatic heterocycles. The molecule has 1 N–H and O–H groups in total. The molecule has 0 aromatic carbocycles. The lowest BCUT2D eigenvalue weighted by Gasteiger charge is -2.01. The molecule has 0 radical (unpaired) electrons. The second-order valence-electron chi connectivity index (χ2n) is 5.64. The lowest BCUT2D eigenvalue weighted by atomic mass is 10.1. The number of pyridine rings is 2. The fraction of sp³-hybridized carbons (Fsp3) is 0.412. The maximum absolute atomic E-state index is 10.7. The molecule has 2 aromatic heterocycles. The Balaban J connectivity index is 1.96. The van der Waals surface area contributed by atoms with Gasteiger partial charge in [-0.1, -0.05) is 13.3 Å². The average molecular weight is 336 g/mol. The molecule has 0 saturated carbocycles. The molecule has 124 valence electrons. The molecular formula is C17H24N2O3S+2. The van der Waals surface area contributed by atoms with Gasteiger partial charge in [0.05, 0.1) is 5.75 Å². The van der Waals surface area contributed by atoms with Crippen molar-refractivity contribution in [1.82, 2.24) is 0 Å². The van der Waals surface area contributed by atoms with Gasteiger partial charge in [-0.05, 0) is 11.1 Å². The minimum atomic E-state index is -3.87. The van der Waals surface area contributed by atoms with Crippen molar-refractivity contribution in [1.29, 1.82) is 0 Å². The zero-order valence-electron chi connectivity index (χ0n) is 13.4. The summed E-state index contributed by atoms with van der Waals surface area (Å²) in [6, 6.07) is 8.24. The predicted octanol–water partition coefficient (Wildman–Crippen LogP) is 2.01. The number of hydrogen-bond donors (Lipinski definition) is 1. The molecule has 0 atom stereocenters. The van der Waals surface area contributed by atoms with Crippen molar-refractivity contribution < 1.29 is 22.1 Å². The summed E-state index contributed by atoms with van der Waals surface area (Å²) in [6.45, 7) is 3.79. The van der Waals surface area contributed by atoms with Crippen molar-refractivity contribution in [2.24, 2.45) is 0 Å². The van der Waals surface area contributed by atoms with Crippen molar-refractivity contribution in [2.45, 2.75) is 39.3 Å². The molecule has 0 saturated heterocycles. The highest BCUT2D eigenvalue weighted by Crippen LogP contribution is 2.15. The van der Waals surface area contributed by atoms with Gasteiger partial charge in [-0.2, -0.15) is 8.42 Å². The Kier molecular flexibility index (Phi) is 6.24. The normalized spacial score (nSPS) is 11.6. The summed E-state index contributed by atoms with van der Waals surface area (Å²) >= 11 is 0. The minimum Gasteiger partial charge on any atom is -0.286 e. The van der Waals surface area contributed by atoms with Gasteiger partial charge in [0.1, 0.15) is 13.1 Å². The third kappa shape index (κ3) is 6.08. The molecule has 0 amide bonds. The topological polar surface area (TPSA) is 62.1 Å². The second kappa shape index (κ2) is 8.17. The molecule has 0 spiro atoms. The summed E-state index contributed by atoms with van der Waals surface area (Å²) in [5.74, 6) is -0.210. The van der Waals surface area contributed by atoms with Gasteiger partial charge < -0.3 is 0 Å². The van der Waals surface area contributed by atoms with E-state index in [1.807, 2.05) is 29.1 Å². The van der Waals surface area contributed by atoms with Crippen LogP contribution in [0.1, 0.15) is 26.2 Å². The predicted molar refractivity (Wildman–Crippen MR) is 88.2 cm³/mol. The number of aromatic nitrogens is 2. The standard InChI is InChI=1S/C17H23N2O3S/c1-2-3-9-18-11-5-16(6-12-18)17-7-13-19(14-8-17)10-4-15-23(20,21)22/h5-8,11-14H,2-4,9-10,15H2,1H3/q+1/p+1. The maximum Gasteiger partial charge on any atom is 0.265 e. The number of aryl methyl sites for hydroxylation is 2. The van der Waals surface area contributed by atoms with Gasteiger partial charge in [-0.25, -0.2) is 9.13 Å². The molecule has 2 heterocycles. The zero-order valence-corrected chi connectivity index (χ0v) is 14.2. The highest BCUT2D eigenvalue weighted by Gasteiger charge is 2.08. The Morgan fingerprint density at radius 3 is 1.70 bits per heavy atom. The molecule has 0 aliphatic rings. The van der Waals surface area contributed by atoms with Crippen molar-refractivity contribution in [3.05, 3.63) is 49.1 Å². The largest absolute Gasteiger partial charge is 0.286 e. The summed E-state index contributed by atoms with van der Waals surface area (Å²) in [5, 5.41) is 0. The Morgan fingerprint density at radius 1 is 0.870 bits per heavy atom. The van der Waals surface area contributed by atoms with Gasteiger partial charge in [-0.15, -0.1) is 0 Å². The highest BCUT2D eigenvalue weighted by molar-refractivity contribution is 7.85. The van der Waals surface area contributed by atoms with Crippen LogP contribution in [0.15, 0.2) is 49.1 Å². The fourth-order valence-corrected chi connectivity index (χ4v) is 2.86. The summed E-state index contributed by atoms with van der Waals surface area (Å²) in [5.41, 5.74) is 2.28. The lowest BCUT2D eigenvalue weighted by molar-refractivity contribution is -0.697. The molecule has 23 heavy (non-hydrogen) atoms. The van der Waals surface area contributed by atoms with Crippen LogP contribution in [0.2, 0.25) is 0 Å². The molecule has 0 aliphatic carbocycles. The van der Waals surface area contributed by atoms with E-state index in [1.165, 1.54) is 12.8 Å². The summed E-state index contributed by atoms with van der Waals surface area (Å²) < 4.78 is 34.2. The van der Waals surface area contributed by atoms with Crippen LogP contribution in [0, 0.1) is 0 Å². The van der Waals surface area contributed by atoms with Gasteiger partial charge in [-0.3, -0.25) is 4.55 Å². The Bertz CT molecular complexity index is 711. The van der Waals surface area contributed by atoms with E-state index in [4.69, 9.17) is 4.55 Å². The maximum atomic E-state index is 10.7. The molecule has 0 unspecified atom stereocenters. The molecule has 0 fully saturated rings. The van der Waals surface area contributed by atoms with E-state index in [2.05, 4.69) is 36.0 Å². The first kappa shape index (κ1) is 17.6. The quantitative estimate of drug-likeness (QED) is 0.592. The van der Waals surface area contributed by atoms with Gasteiger partial charge in [0.2, 0.25) is 0 Å². The van der Waals surface area contributed by atoms with Crippen molar-refractivity contribution in [3.63, 3.8) is 0 Å². The molecule has 6 heteroatoms. The van der Waals surface area contributed by atoms with Gasteiger partial charge in [0.25, 0.3) is 10.1 Å². The van der Waals surface area contributed by atoms with E-state index < -0.39 is 10.1 Å². The molecule has 2 aromatic rings. The van der Waals surface area contributed by atoms with Gasteiger partial charge in [0, 0.05) is 37.1 Å². The molecule has 5 nitrogen and oxygen atoms in total. The lowest BCUT2D eigenvalue weighted by Crippen LogP contribution is -2.33. The van der Waals surface area contributed by atoms with Crippen LogP contribution in [0.25, 0.3) is 11.1 Å². The summed E-state index contributed by atoms with van der Waals surface area (Å²) in [6.07, 6.45) is 10.8. The van der Waals surface area contributed by atoms with E-state index in [0.29, 0.717) is 13.0 Å². The first-order valence-electron chi connectivity index (χ1n) is 7.91. The van der Waals surface area contributed by atoms with Crippen molar-refractivity contribution in [2.75, 3.05) is 5.75 Å². The van der Waals surface area contributed by atoms with Crippen LogP contribution >= 0.6 is 0 Å². The van der Waals surface area contributed by atoms with Crippen molar-refractivity contribution >= 4 is 10.1 Å². The van der Waals surface area contributed by atoms with E-state index >= 15 is 0 Å². The third-order valence-electron chi connectivity index (χ3n) is 3.70. The number of nitrogens with zero attached hydrogens (tertiary/aromatic N) is 2. The van der Waals surface area contributed by atoms with E-state index in [-0.39, 0.29) is 5.75 Å². The minimum absolute atomic E-state index is 0.210. The Hall–Kier alpha value is -1.79. The van der Waals surface area contributed by atoms with Crippen molar-refractivity contribution in [3.8, 4) is 11.1 Å². The molecule has 0 bridgehead atoms. The van der Waals surface area contributed by atoms with Crippen LogP contribution in [0.5, 0.6) is 0 Å². The number of unbranched alkanes of at least 4 members (excludes halogenated alkanes) is 1. The Morgan fingerprint density at radius 2 is 1.30 bits per heavy atom. The van der Waals surface area contributed by atoms with E-state index in [0.717, 1.165) is 17.7 Å². The second-order valence-corrected chi connectivity index (χ2v) is 7.21. The van der Waals surface area contributed by atoms with Crippen LogP contribution in [-0.4, -0.2) is 18.7 Å². The van der Waals surface area contributed by atoms with Gasteiger partial charge in [0.15, 0.2) is 24.8 Å². The number of hydrogen-bond acceptors (Lipinski definition) is 2. The van der Waals surface area contributed by atoms with E-state index in [9.17, 15) is 8.42 Å². The SMILES string of the molecule is CCCC[n+]1ccc(-c2cc[n+](CCCS(=O)(=O)O)cc2)cc1. The number of rotatable bonds is 8. The summed E-state index contributed by atoms with van der Waals surface area (Å²) in [7, 11) is -3.87. The van der Waals surface area contributed by atoms with Crippen LogP contribution in [0.4, 0.5) is 0 Å². The fourth-order valence-electron chi connectivity index (χ4n) is 2.37. The zero-order chi connectivity index (χ0) is 16.7. The molecular weight excluding hydrogens is 312 g/mol. The molecule has 2 rings (SSSR count). The van der Waals surface area contributed by atoms with E-state index in [1.54, 1.807) is 0 Å². The third-order valence-corrected chi connectivity index (χ3v) is 4.51. The highest BCUT2D eigenvalue weighted by atomic mass is 32.2. The monoisotopic (exact) mass is 336 g/mol. The van der Waals surface area contributed by atoms with Crippen LogP contribution in [0.3, 0.4) is 0 Å². The average Bonchev–Trinajstić information content (AvgIpc) is 2.53. The first-order chi connectivity index (χ1) is 11.0. The summed E-state index contributed by atoms with van der Waals surface area (Å²) in [4.78, 5) is 0. The first-order valence-corrected chi connectivity index (χ1v) is 9.52. The smallest absolute Gasteiger partial charge is 0.265 e.